The smallest absolute Gasteiger partial charge is 0.304 e. The van der Waals surface area contributed by atoms with E-state index in [-0.39, 0.29) is 12.2 Å². The van der Waals surface area contributed by atoms with Crippen molar-refractivity contribution < 1.29 is 14.1 Å². The molecular weight excluding hydrogens is 180 g/mol. The molecule has 12 heavy (non-hydrogen) atoms. The van der Waals surface area contributed by atoms with Crippen molar-refractivity contribution in [1.29, 1.82) is 10.8 Å². The summed E-state index contributed by atoms with van der Waals surface area (Å²) < 4.78 is 10.7. The van der Waals surface area contributed by atoms with Gasteiger partial charge in [0.25, 0.3) is 0 Å². The highest BCUT2D eigenvalue weighted by Crippen LogP contribution is 1.89. The summed E-state index contributed by atoms with van der Waals surface area (Å²) in [6.45, 7) is 1.75. The number of carboxylic acids is 1. The fourth-order valence-corrected chi connectivity index (χ4v) is 1.22. The molecule has 0 heterocycles. The van der Waals surface area contributed by atoms with E-state index in [0.717, 1.165) is 0 Å². The molecule has 6 heteroatoms. The molecule has 0 aromatic heterocycles. The molecular formula is C6H10N2O3S. The molecule has 0 spiro atoms. The van der Waals surface area contributed by atoms with Gasteiger partial charge >= 0.3 is 5.97 Å². The summed E-state index contributed by atoms with van der Waals surface area (Å²) in [5, 5.41) is 21.7. The van der Waals surface area contributed by atoms with Gasteiger partial charge in [0.1, 0.15) is 0 Å². The lowest BCUT2D eigenvalue weighted by molar-refractivity contribution is -0.136. The van der Waals surface area contributed by atoms with Gasteiger partial charge < -0.3 is 5.11 Å². The quantitative estimate of drug-likeness (QED) is 0.659. The molecule has 0 bridgehead atoms. The van der Waals surface area contributed by atoms with Crippen molar-refractivity contribution in [3.63, 3.8) is 0 Å². The number of carbonyl (C=O) groups is 1. The van der Waals surface area contributed by atoms with E-state index >= 15 is 0 Å². The number of rotatable bonds is 4. The van der Waals surface area contributed by atoms with Crippen LogP contribution in [0.4, 0.5) is 0 Å². The van der Waals surface area contributed by atoms with Crippen LogP contribution in [0.3, 0.4) is 0 Å². The zero-order valence-corrected chi connectivity index (χ0v) is 7.45. The largest absolute Gasteiger partial charge is 0.481 e. The summed E-state index contributed by atoms with van der Waals surface area (Å²) in [5.74, 6) is -0.697. The lowest BCUT2D eigenvalue weighted by Crippen LogP contribution is -2.01. The summed E-state index contributed by atoms with van der Waals surface area (Å²) >= 11 is 0. The normalized spacial score (nSPS) is 11.6. The molecule has 0 aliphatic heterocycles. The van der Waals surface area contributed by atoms with Gasteiger partial charge in [0.2, 0.25) is 0 Å². The van der Waals surface area contributed by atoms with Crippen LogP contribution in [-0.2, 0) is 15.6 Å². The van der Waals surface area contributed by atoms with E-state index in [0.29, 0.717) is 0 Å². The molecule has 0 radical (unpaired) electrons. The molecule has 68 valence electrons. The molecule has 0 amide bonds. The molecule has 0 saturated carbocycles. The van der Waals surface area contributed by atoms with Crippen LogP contribution in [0, 0.1) is 10.8 Å². The Morgan fingerprint density at radius 1 is 1.58 bits per heavy atom. The summed E-state index contributed by atoms with van der Waals surface area (Å²) in [6, 6.07) is 0. The molecule has 0 aliphatic carbocycles. The maximum Gasteiger partial charge on any atom is 0.304 e. The van der Waals surface area contributed by atoms with E-state index in [9.17, 15) is 9.00 Å². The van der Waals surface area contributed by atoms with E-state index < -0.39 is 16.8 Å². The Morgan fingerprint density at radius 2 is 2.08 bits per heavy atom. The minimum Gasteiger partial charge on any atom is -0.481 e. The molecule has 0 aliphatic rings. The predicted octanol–water partition coefficient (Wildman–Crippen LogP) is 0.774. The third kappa shape index (κ3) is 11.6. The predicted molar refractivity (Wildman–Crippen MR) is 43.5 cm³/mol. The summed E-state index contributed by atoms with van der Waals surface area (Å²) in [5.41, 5.74) is 0. The van der Waals surface area contributed by atoms with Crippen LogP contribution in [0.15, 0.2) is 11.5 Å². The molecule has 0 rings (SSSR count). The number of hydrogen-bond donors (Lipinski definition) is 1. The van der Waals surface area contributed by atoms with Crippen LogP contribution in [0.5, 0.6) is 0 Å². The van der Waals surface area contributed by atoms with Crippen molar-refractivity contribution in [2.24, 2.45) is 0 Å². The second kappa shape index (κ2) is 9.78. The first-order valence-corrected chi connectivity index (χ1v) is 4.47. The lowest BCUT2D eigenvalue weighted by Gasteiger charge is -1.89. The number of allylic oxidation sites excluding steroid dienone is 1. The highest BCUT2D eigenvalue weighted by molar-refractivity contribution is 7.87. The molecule has 5 nitrogen and oxygen atoms in total. The fourth-order valence-electron chi connectivity index (χ4n) is 0.408. The number of nitrogens with zero attached hydrogens (tertiary/aromatic N) is 2. The zero-order valence-electron chi connectivity index (χ0n) is 6.64. The third-order valence-corrected chi connectivity index (χ3v) is 1.99. The van der Waals surface area contributed by atoms with Crippen molar-refractivity contribution >= 4 is 16.8 Å². The van der Waals surface area contributed by atoms with E-state index in [1.807, 2.05) is 0 Å². The average molecular weight is 190 g/mol. The maximum absolute atomic E-state index is 10.7. The highest BCUT2D eigenvalue weighted by Gasteiger charge is 1.98. The Labute approximate surface area is 73.0 Å². The third-order valence-electron chi connectivity index (χ3n) is 0.805. The molecule has 0 aromatic rings. The Kier molecular flexibility index (Phi) is 10.9. The Bertz CT molecular complexity index is 200. The number of aliphatic carboxylic acids is 1. The molecule has 1 atom stereocenters. The van der Waals surface area contributed by atoms with Crippen LogP contribution >= 0.6 is 0 Å². The number of hydrogen-bond acceptors (Lipinski definition) is 4. The maximum atomic E-state index is 10.7. The van der Waals surface area contributed by atoms with Crippen LogP contribution < -0.4 is 0 Å². The fraction of sp³-hybridized carbons (Fsp3) is 0.500. The van der Waals surface area contributed by atoms with Gasteiger partial charge in [0.15, 0.2) is 0 Å². The van der Waals surface area contributed by atoms with E-state index in [1.165, 1.54) is 5.41 Å². The van der Waals surface area contributed by atoms with Gasteiger partial charge in [-0.05, 0) is 12.3 Å². The SMILES string of the molecule is C/C=C/S(=O)CCC(=O)O.N#N. The van der Waals surface area contributed by atoms with Gasteiger partial charge in [0.05, 0.1) is 6.42 Å². The topological polar surface area (TPSA) is 102 Å². The minimum absolute atomic E-state index is 0.0308. The van der Waals surface area contributed by atoms with E-state index in [4.69, 9.17) is 15.9 Å². The second-order valence-electron chi connectivity index (χ2n) is 1.70. The van der Waals surface area contributed by atoms with Crippen molar-refractivity contribution in [2.75, 3.05) is 5.75 Å². The summed E-state index contributed by atoms with van der Waals surface area (Å²) in [7, 11) is -1.10. The van der Waals surface area contributed by atoms with Gasteiger partial charge in [0, 0.05) is 27.3 Å². The first-order chi connectivity index (χ1) is 5.66. The van der Waals surface area contributed by atoms with Crippen LogP contribution in [0.1, 0.15) is 13.3 Å². The highest BCUT2D eigenvalue weighted by atomic mass is 32.2. The lowest BCUT2D eigenvalue weighted by atomic mass is 10.5. The molecule has 1 unspecified atom stereocenters. The monoisotopic (exact) mass is 190 g/mol. The Hall–Kier alpha value is -1.22. The second-order valence-corrected chi connectivity index (χ2v) is 3.14. The van der Waals surface area contributed by atoms with Crippen LogP contribution in [0.2, 0.25) is 0 Å². The standard InChI is InChI=1S/C6H10O3S.N2/c1-2-4-10(9)5-3-6(7)8;1-2/h2,4H,3,5H2,1H3,(H,7,8);/b4-2+;. The zero-order chi connectivity index (χ0) is 9.98. The van der Waals surface area contributed by atoms with Gasteiger partial charge in [-0.3, -0.25) is 9.00 Å². The first kappa shape index (κ1) is 13.4. The summed E-state index contributed by atoms with van der Waals surface area (Å²) in [4.78, 5) is 9.95. The van der Waals surface area contributed by atoms with Crippen molar-refractivity contribution in [2.45, 2.75) is 13.3 Å². The molecule has 1 N–H and O–H groups in total. The minimum atomic E-state index is -1.10. The van der Waals surface area contributed by atoms with Crippen LogP contribution in [-0.4, -0.2) is 21.0 Å². The molecule has 0 fully saturated rings. The average Bonchev–Trinajstić information content (AvgIpc) is 2.05. The number of carboxylic acid groups (broad SMARTS) is 1. The van der Waals surface area contributed by atoms with Crippen LogP contribution in [0.25, 0.3) is 0 Å². The molecule has 0 saturated heterocycles. The van der Waals surface area contributed by atoms with Crippen molar-refractivity contribution in [3.8, 4) is 0 Å². The Balaban J connectivity index is 0. The van der Waals surface area contributed by atoms with E-state index in [1.54, 1.807) is 13.0 Å². The first-order valence-electron chi connectivity index (χ1n) is 3.08. The Morgan fingerprint density at radius 3 is 2.42 bits per heavy atom. The van der Waals surface area contributed by atoms with Crippen molar-refractivity contribution in [1.82, 2.24) is 0 Å². The molecule has 0 aromatic carbocycles. The van der Waals surface area contributed by atoms with E-state index in [2.05, 4.69) is 0 Å². The van der Waals surface area contributed by atoms with Gasteiger partial charge in [-0.2, -0.15) is 0 Å². The summed E-state index contributed by atoms with van der Waals surface area (Å²) in [6.07, 6.45) is 1.62. The van der Waals surface area contributed by atoms with Crippen molar-refractivity contribution in [3.05, 3.63) is 11.5 Å². The van der Waals surface area contributed by atoms with Gasteiger partial charge in [-0.15, -0.1) is 0 Å². The van der Waals surface area contributed by atoms with Gasteiger partial charge in [-0.1, -0.05) is 6.08 Å². The van der Waals surface area contributed by atoms with Gasteiger partial charge in [-0.25, -0.2) is 0 Å².